The van der Waals surface area contributed by atoms with Gasteiger partial charge in [-0.3, -0.25) is 4.90 Å². The Morgan fingerprint density at radius 3 is 2.42 bits per heavy atom. The molecule has 3 nitrogen and oxygen atoms in total. The van der Waals surface area contributed by atoms with Gasteiger partial charge in [-0.05, 0) is 78.8 Å². The van der Waals surface area contributed by atoms with Crippen LogP contribution in [-0.2, 0) is 26.1 Å². The average Bonchev–Trinajstić information content (AvgIpc) is 3.66. The topological polar surface area (TPSA) is 24.5 Å². The van der Waals surface area contributed by atoms with Crippen LogP contribution in [0.15, 0.2) is 36.4 Å². The van der Waals surface area contributed by atoms with E-state index in [9.17, 15) is 0 Å². The number of hydrogen-bond acceptors (Lipinski definition) is 3. The van der Waals surface area contributed by atoms with Crippen molar-refractivity contribution in [2.24, 2.45) is 11.8 Å². The van der Waals surface area contributed by atoms with Crippen LogP contribution in [0.25, 0.3) is 0 Å². The summed E-state index contributed by atoms with van der Waals surface area (Å²) in [7, 11) is 0. The van der Waals surface area contributed by atoms with Gasteiger partial charge in [-0.1, -0.05) is 62.8 Å². The summed E-state index contributed by atoms with van der Waals surface area (Å²) in [6.07, 6.45) is 7.69. The van der Waals surface area contributed by atoms with E-state index in [0.717, 1.165) is 55.9 Å². The van der Waals surface area contributed by atoms with Crippen molar-refractivity contribution in [3.63, 3.8) is 0 Å². The minimum Gasteiger partial charge on any atom is -0.493 e. The first-order valence-corrected chi connectivity index (χ1v) is 13.4. The van der Waals surface area contributed by atoms with Crippen LogP contribution in [-0.4, -0.2) is 23.0 Å². The first kappa shape index (κ1) is 24.2. The van der Waals surface area contributed by atoms with Gasteiger partial charge in [0, 0.05) is 32.1 Å². The number of nitrogens with zero attached hydrogens (tertiary/aromatic N) is 1. The van der Waals surface area contributed by atoms with Crippen LogP contribution in [0.3, 0.4) is 0 Å². The molecule has 0 amide bonds. The molecule has 2 saturated carbocycles. The second-order valence-corrected chi connectivity index (χ2v) is 10.1. The van der Waals surface area contributed by atoms with Gasteiger partial charge in [-0.25, -0.2) is 0 Å². The fraction of sp³-hybridized carbons (Fsp3) is 0.552. The van der Waals surface area contributed by atoms with Crippen molar-refractivity contribution in [2.75, 3.05) is 13.2 Å². The highest BCUT2D eigenvalue weighted by atomic mass is 32.1. The van der Waals surface area contributed by atoms with Gasteiger partial charge in [0.1, 0.15) is 5.75 Å². The Morgan fingerprint density at radius 1 is 1.03 bits per heavy atom. The van der Waals surface area contributed by atoms with Crippen LogP contribution >= 0.6 is 12.2 Å². The maximum absolute atomic E-state index is 6.16. The van der Waals surface area contributed by atoms with E-state index in [2.05, 4.69) is 53.5 Å². The van der Waals surface area contributed by atoms with Gasteiger partial charge in [0.15, 0.2) is 0 Å². The zero-order valence-electron chi connectivity index (χ0n) is 20.7. The molecule has 33 heavy (non-hydrogen) atoms. The molecular weight excluding hydrogens is 424 g/mol. The molecule has 0 unspecified atom stereocenters. The summed E-state index contributed by atoms with van der Waals surface area (Å²) in [6.45, 7) is 11.1. The molecule has 0 bridgehead atoms. The van der Waals surface area contributed by atoms with Gasteiger partial charge >= 0.3 is 0 Å². The summed E-state index contributed by atoms with van der Waals surface area (Å²) in [6, 6.07) is 13.5. The number of fused-ring (bicyclic) bond motifs is 1. The van der Waals surface area contributed by atoms with Crippen molar-refractivity contribution in [1.29, 1.82) is 0 Å². The number of ether oxygens (including phenoxy) is 1. The molecule has 1 aliphatic heterocycles. The SMILES string of the molecule is CC.Cc1c(OCC2CCC2)ccc2c1CCN(Cc1ccc(CNC(=S)C3CC3)cc1)C2. The van der Waals surface area contributed by atoms with Crippen molar-refractivity contribution in [2.45, 2.75) is 78.9 Å². The molecule has 5 rings (SSSR count). The third-order valence-electron chi connectivity index (χ3n) is 7.26. The summed E-state index contributed by atoms with van der Waals surface area (Å²) in [5.41, 5.74) is 7.02. The normalized spacial score (nSPS) is 17.9. The van der Waals surface area contributed by atoms with Crippen LogP contribution in [0, 0.1) is 18.8 Å². The van der Waals surface area contributed by atoms with Crippen LogP contribution in [0.2, 0.25) is 0 Å². The zero-order chi connectivity index (χ0) is 23.2. The lowest BCUT2D eigenvalue weighted by atomic mass is 9.86. The number of nitrogens with one attached hydrogen (secondary N) is 1. The number of rotatable bonds is 8. The minimum absolute atomic E-state index is 0.644. The van der Waals surface area contributed by atoms with Crippen molar-refractivity contribution in [3.05, 3.63) is 64.2 Å². The van der Waals surface area contributed by atoms with E-state index < -0.39 is 0 Å². The van der Waals surface area contributed by atoms with Gasteiger partial charge in [-0.15, -0.1) is 0 Å². The third-order valence-corrected chi connectivity index (χ3v) is 7.74. The zero-order valence-corrected chi connectivity index (χ0v) is 21.5. The minimum atomic E-state index is 0.644. The van der Waals surface area contributed by atoms with E-state index in [1.165, 1.54) is 59.9 Å². The maximum atomic E-state index is 6.16. The lowest BCUT2D eigenvalue weighted by molar-refractivity contribution is 0.179. The highest BCUT2D eigenvalue weighted by Crippen LogP contribution is 2.32. The molecule has 0 aromatic heterocycles. The molecule has 0 radical (unpaired) electrons. The highest BCUT2D eigenvalue weighted by Gasteiger charge is 2.26. The monoisotopic (exact) mass is 464 g/mol. The third kappa shape index (κ3) is 6.36. The van der Waals surface area contributed by atoms with Crippen molar-refractivity contribution < 1.29 is 4.74 Å². The van der Waals surface area contributed by atoms with Gasteiger partial charge in [0.05, 0.1) is 11.6 Å². The van der Waals surface area contributed by atoms with Gasteiger partial charge < -0.3 is 10.1 Å². The molecule has 2 aromatic rings. The van der Waals surface area contributed by atoms with Gasteiger partial charge in [0.25, 0.3) is 0 Å². The molecule has 0 atom stereocenters. The van der Waals surface area contributed by atoms with E-state index in [1.54, 1.807) is 0 Å². The van der Waals surface area contributed by atoms with Crippen molar-refractivity contribution >= 4 is 17.2 Å². The maximum Gasteiger partial charge on any atom is 0.122 e. The molecule has 0 spiro atoms. The molecule has 1 heterocycles. The van der Waals surface area contributed by atoms with Crippen molar-refractivity contribution in [3.8, 4) is 5.75 Å². The Labute approximate surface area is 205 Å². The second kappa shape index (κ2) is 11.5. The lowest BCUT2D eigenvalue weighted by Gasteiger charge is -2.31. The molecule has 2 fully saturated rings. The van der Waals surface area contributed by atoms with Crippen molar-refractivity contribution in [1.82, 2.24) is 10.2 Å². The Balaban J connectivity index is 0.00000126. The van der Waals surface area contributed by atoms with Crippen LogP contribution in [0.5, 0.6) is 5.75 Å². The van der Waals surface area contributed by atoms with E-state index in [-0.39, 0.29) is 0 Å². The highest BCUT2D eigenvalue weighted by molar-refractivity contribution is 7.80. The summed E-state index contributed by atoms with van der Waals surface area (Å²) < 4.78 is 6.16. The van der Waals surface area contributed by atoms with Crippen LogP contribution in [0.1, 0.15) is 73.8 Å². The number of thiocarbonyl (C=S) groups is 1. The number of hydrogen-bond donors (Lipinski definition) is 1. The predicted octanol–water partition coefficient (Wildman–Crippen LogP) is 6.59. The molecular formula is C29H40N2OS. The van der Waals surface area contributed by atoms with E-state index in [4.69, 9.17) is 17.0 Å². The first-order chi connectivity index (χ1) is 16.2. The molecule has 178 valence electrons. The lowest BCUT2D eigenvalue weighted by Crippen LogP contribution is -2.30. The van der Waals surface area contributed by atoms with Crippen LogP contribution in [0.4, 0.5) is 0 Å². The Morgan fingerprint density at radius 2 is 1.76 bits per heavy atom. The summed E-state index contributed by atoms with van der Waals surface area (Å²) in [5, 5.41) is 3.41. The fourth-order valence-corrected chi connectivity index (χ4v) is 5.04. The van der Waals surface area contributed by atoms with E-state index in [1.807, 2.05) is 13.8 Å². The van der Waals surface area contributed by atoms with E-state index >= 15 is 0 Å². The molecule has 2 aromatic carbocycles. The number of benzene rings is 2. The molecule has 0 saturated heterocycles. The average molecular weight is 465 g/mol. The smallest absolute Gasteiger partial charge is 0.122 e. The van der Waals surface area contributed by atoms with Gasteiger partial charge in [-0.2, -0.15) is 0 Å². The summed E-state index contributed by atoms with van der Waals surface area (Å²) >= 11 is 5.43. The Bertz CT molecular complexity index is 931. The fourth-order valence-electron chi connectivity index (χ4n) is 4.74. The Hall–Kier alpha value is -1.91. The quantitative estimate of drug-likeness (QED) is 0.446. The first-order valence-electron chi connectivity index (χ1n) is 13.0. The largest absolute Gasteiger partial charge is 0.493 e. The Kier molecular flexibility index (Phi) is 8.43. The summed E-state index contributed by atoms with van der Waals surface area (Å²) in [4.78, 5) is 3.61. The van der Waals surface area contributed by atoms with Crippen LogP contribution < -0.4 is 10.1 Å². The second-order valence-electron chi connectivity index (χ2n) is 9.70. The standard InChI is InChI=1S/C27H34N2OS.C2H6/c1-19-25-13-14-29(17-24(25)11-12-26(19)30-18-22-3-2-4-22)16-21-7-5-20(6-8-21)15-28-27(31)23-9-10-23;1-2/h5-8,11-12,22-23H,2-4,9-10,13-18H2,1H3,(H,28,31);1-2H3. The molecule has 2 aliphatic carbocycles. The summed E-state index contributed by atoms with van der Waals surface area (Å²) in [5.74, 6) is 2.53. The molecule has 4 heteroatoms. The van der Waals surface area contributed by atoms with E-state index in [0.29, 0.717) is 5.92 Å². The predicted molar refractivity (Wildman–Crippen MR) is 142 cm³/mol. The molecule has 1 N–H and O–H groups in total. The molecule has 3 aliphatic rings. The van der Waals surface area contributed by atoms with Gasteiger partial charge in [0.2, 0.25) is 0 Å².